The van der Waals surface area contributed by atoms with Crippen molar-refractivity contribution < 1.29 is 9.34 Å². The first-order valence-corrected chi connectivity index (χ1v) is 7.05. The van der Waals surface area contributed by atoms with E-state index >= 15 is 0 Å². The average molecular weight is 410 g/mol. The van der Waals surface area contributed by atoms with Crippen LogP contribution in [0.2, 0.25) is 5.02 Å². The van der Waals surface area contributed by atoms with Crippen LogP contribution in [0, 0.1) is 10.1 Å². The van der Waals surface area contributed by atoms with Gasteiger partial charge in [-0.05, 0) is 50.1 Å². The minimum Gasteiger partial charge on any atom is -0.451 e. The molecule has 0 spiro atoms. The normalized spacial score (nSPS) is 10.5. The second-order valence-electron chi connectivity index (χ2n) is 3.61. The summed E-state index contributed by atoms with van der Waals surface area (Å²) in [4.78, 5) is 10.4. The molecule has 2 rings (SSSR count). The number of nitrogens with zero attached hydrogens (tertiary/aromatic N) is 1. The van der Waals surface area contributed by atoms with E-state index < -0.39 is 4.92 Å². The zero-order valence-electron chi connectivity index (χ0n) is 9.32. The fraction of sp³-hybridized carbons (Fsp3) is 0.0909. The standard InChI is InChI=1S/C11H7Br2ClN2O3/c12-8-4-7(19-11(8)13)5-15-9-3-6(14)1-2-10(9)16(17)18/h1-4,15H,5H2. The molecule has 0 saturated heterocycles. The highest BCUT2D eigenvalue weighted by molar-refractivity contribution is 9.13. The first-order valence-electron chi connectivity index (χ1n) is 5.09. The smallest absolute Gasteiger partial charge is 0.292 e. The Morgan fingerprint density at radius 2 is 2.11 bits per heavy atom. The van der Waals surface area contributed by atoms with Gasteiger partial charge in [-0.2, -0.15) is 0 Å². The zero-order chi connectivity index (χ0) is 14.0. The van der Waals surface area contributed by atoms with Gasteiger partial charge in [-0.25, -0.2) is 0 Å². The molecule has 8 heteroatoms. The Hall–Kier alpha value is -1.05. The summed E-state index contributed by atoms with van der Waals surface area (Å²) in [7, 11) is 0. The summed E-state index contributed by atoms with van der Waals surface area (Å²) in [6.45, 7) is 0.311. The summed E-state index contributed by atoms with van der Waals surface area (Å²) in [6, 6.07) is 6.11. The van der Waals surface area contributed by atoms with Crippen LogP contribution >= 0.6 is 43.5 Å². The lowest BCUT2D eigenvalue weighted by Gasteiger charge is -2.05. The fourth-order valence-electron chi connectivity index (χ4n) is 1.47. The van der Waals surface area contributed by atoms with Gasteiger partial charge in [0.2, 0.25) is 0 Å². The first-order chi connectivity index (χ1) is 8.97. The number of hydrogen-bond acceptors (Lipinski definition) is 4. The van der Waals surface area contributed by atoms with Gasteiger partial charge in [0.25, 0.3) is 5.69 Å². The number of anilines is 1. The van der Waals surface area contributed by atoms with Crippen LogP contribution in [0.25, 0.3) is 0 Å². The predicted molar refractivity (Wildman–Crippen MR) is 79.5 cm³/mol. The second-order valence-corrected chi connectivity index (χ2v) is 5.62. The van der Waals surface area contributed by atoms with Crippen molar-refractivity contribution in [3.63, 3.8) is 0 Å². The molecule has 1 heterocycles. The van der Waals surface area contributed by atoms with Crippen molar-refractivity contribution in [3.8, 4) is 0 Å². The van der Waals surface area contributed by atoms with Crippen LogP contribution in [0.1, 0.15) is 5.76 Å². The molecular weight excluding hydrogens is 403 g/mol. The van der Waals surface area contributed by atoms with E-state index in [1.165, 1.54) is 18.2 Å². The van der Waals surface area contributed by atoms with Crippen molar-refractivity contribution in [2.75, 3.05) is 5.32 Å². The number of nitrogens with one attached hydrogen (secondary N) is 1. The van der Waals surface area contributed by atoms with E-state index in [4.69, 9.17) is 16.0 Å². The van der Waals surface area contributed by atoms with Gasteiger partial charge in [-0.1, -0.05) is 11.6 Å². The summed E-state index contributed by atoms with van der Waals surface area (Å²) in [6.07, 6.45) is 0. The number of benzene rings is 1. The van der Waals surface area contributed by atoms with Gasteiger partial charge in [0.1, 0.15) is 11.4 Å². The SMILES string of the molecule is O=[N+]([O-])c1ccc(Cl)cc1NCc1cc(Br)c(Br)o1. The van der Waals surface area contributed by atoms with E-state index in [2.05, 4.69) is 37.2 Å². The fourth-order valence-corrected chi connectivity index (χ4v) is 2.30. The van der Waals surface area contributed by atoms with Crippen molar-refractivity contribution in [2.45, 2.75) is 6.54 Å². The molecule has 1 aromatic heterocycles. The second kappa shape index (κ2) is 5.94. The molecule has 19 heavy (non-hydrogen) atoms. The van der Waals surface area contributed by atoms with Gasteiger partial charge in [0.15, 0.2) is 4.67 Å². The summed E-state index contributed by atoms with van der Waals surface area (Å²) in [5.74, 6) is 0.632. The van der Waals surface area contributed by atoms with Gasteiger partial charge >= 0.3 is 0 Å². The Bertz CT molecular complexity index is 611. The molecule has 0 unspecified atom stereocenters. The molecule has 0 aliphatic carbocycles. The minimum atomic E-state index is -0.466. The maximum absolute atomic E-state index is 10.9. The Morgan fingerprint density at radius 1 is 1.37 bits per heavy atom. The Labute approximate surface area is 130 Å². The van der Waals surface area contributed by atoms with E-state index in [9.17, 15) is 10.1 Å². The van der Waals surface area contributed by atoms with Gasteiger partial charge in [-0.15, -0.1) is 0 Å². The number of furan rings is 1. The third-order valence-electron chi connectivity index (χ3n) is 2.30. The maximum atomic E-state index is 10.9. The predicted octanol–water partition coefficient (Wildman–Crippen LogP) is 4.98. The van der Waals surface area contributed by atoms with Crippen LogP contribution in [-0.2, 0) is 6.54 Å². The maximum Gasteiger partial charge on any atom is 0.292 e. The van der Waals surface area contributed by atoms with E-state index in [-0.39, 0.29) is 5.69 Å². The van der Waals surface area contributed by atoms with Gasteiger partial charge in [-0.3, -0.25) is 10.1 Å². The number of nitro groups is 1. The van der Waals surface area contributed by atoms with Crippen molar-refractivity contribution in [1.29, 1.82) is 0 Å². The van der Waals surface area contributed by atoms with Crippen molar-refractivity contribution in [1.82, 2.24) is 0 Å². The Morgan fingerprint density at radius 3 is 2.68 bits per heavy atom. The highest BCUT2D eigenvalue weighted by atomic mass is 79.9. The molecule has 0 bridgehead atoms. The molecule has 100 valence electrons. The molecule has 1 N–H and O–H groups in total. The third kappa shape index (κ3) is 3.49. The van der Waals surface area contributed by atoms with Crippen LogP contribution in [0.15, 0.2) is 37.8 Å². The number of halogens is 3. The molecule has 0 aliphatic heterocycles. The molecule has 0 amide bonds. The highest BCUT2D eigenvalue weighted by Crippen LogP contribution is 2.30. The molecular formula is C11H7Br2ClN2O3. The van der Waals surface area contributed by atoms with Crippen LogP contribution in [0.3, 0.4) is 0 Å². The summed E-state index contributed by atoms with van der Waals surface area (Å²) in [5.41, 5.74) is 0.315. The van der Waals surface area contributed by atoms with E-state index in [1.807, 2.05) is 0 Å². The lowest BCUT2D eigenvalue weighted by Crippen LogP contribution is -2.01. The molecule has 0 atom stereocenters. The molecule has 0 radical (unpaired) electrons. The number of rotatable bonds is 4. The van der Waals surface area contributed by atoms with Crippen LogP contribution in [-0.4, -0.2) is 4.92 Å². The van der Waals surface area contributed by atoms with Crippen molar-refractivity contribution in [3.05, 3.63) is 54.3 Å². The first kappa shape index (κ1) is 14.4. The largest absolute Gasteiger partial charge is 0.451 e. The van der Waals surface area contributed by atoms with Crippen LogP contribution < -0.4 is 5.32 Å². The van der Waals surface area contributed by atoms with Crippen molar-refractivity contribution >= 4 is 54.8 Å². The molecule has 5 nitrogen and oxygen atoms in total. The van der Waals surface area contributed by atoms with Crippen LogP contribution in [0.5, 0.6) is 0 Å². The Balaban J connectivity index is 2.19. The van der Waals surface area contributed by atoms with Crippen molar-refractivity contribution in [2.24, 2.45) is 0 Å². The lowest BCUT2D eigenvalue weighted by atomic mass is 10.2. The van der Waals surface area contributed by atoms with E-state index in [0.29, 0.717) is 27.7 Å². The van der Waals surface area contributed by atoms with E-state index in [1.54, 1.807) is 6.07 Å². The molecule has 0 aliphatic rings. The number of hydrogen-bond donors (Lipinski definition) is 1. The summed E-state index contributed by atoms with van der Waals surface area (Å²) >= 11 is 12.3. The lowest BCUT2D eigenvalue weighted by molar-refractivity contribution is -0.384. The Kier molecular flexibility index (Phi) is 4.49. The monoisotopic (exact) mass is 408 g/mol. The summed E-state index contributed by atoms with van der Waals surface area (Å²) in [5, 5.41) is 14.2. The average Bonchev–Trinajstić information content (AvgIpc) is 2.66. The van der Waals surface area contributed by atoms with Crippen LogP contribution in [0.4, 0.5) is 11.4 Å². The molecule has 2 aromatic rings. The van der Waals surface area contributed by atoms with E-state index in [0.717, 1.165) is 4.47 Å². The summed E-state index contributed by atoms with van der Waals surface area (Å²) < 4.78 is 6.73. The number of nitro benzene ring substituents is 1. The van der Waals surface area contributed by atoms with Gasteiger partial charge in [0.05, 0.1) is 15.9 Å². The quantitative estimate of drug-likeness (QED) is 0.570. The van der Waals surface area contributed by atoms with Gasteiger partial charge in [0, 0.05) is 11.1 Å². The molecule has 1 aromatic carbocycles. The molecule has 0 saturated carbocycles. The zero-order valence-corrected chi connectivity index (χ0v) is 13.3. The highest BCUT2D eigenvalue weighted by Gasteiger charge is 2.14. The minimum absolute atomic E-state index is 0.0333. The molecule has 0 fully saturated rings. The topological polar surface area (TPSA) is 68.3 Å². The third-order valence-corrected chi connectivity index (χ3v) is 4.25. The van der Waals surface area contributed by atoms with Gasteiger partial charge < -0.3 is 9.73 Å².